The monoisotopic (exact) mass is 413 g/mol. The number of rotatable bonds is 8. The molecule has 4 rings (SSSR count). The smallest absolute Gasteiger partial charge is 0.245 e. The number of nitrogens with zero attached hydrogens (tertiary/aromatic N) is 2. The highest BCUT2D eigenvalue weighted by Gasteiger charge is 2.32. The molecular weight excluding hydrogens is 386 g/mol. The molecule has 30 heavy (non-hydrogen) atoms. The summed E-state index contributed by atoms with van der Waals surface area (Å²) in [7, 11) is 1.63. The number of aryl methyl sites for hydroxylation is 1. The molecular formula is C22H27N3O5. The molecule has 1 unspecified atom stereocenters. The fourth-order valence-corrected chi connectivity index (χ4v) is 3.86. The Morgan fingerprint density at radius 3 is 2.80 bits per heavy atom. The number of anilines is 1. The van der Waals surface area contributed by atoms with Gasteiger partial charge in [-0.3, -0.25) is 9.59 Å². The van der Waals surface area contributed by atoms with E-state index >= 15 is 0 Å². The van der Waals surface area contributed by atoms with Gasteiger partial charge in [0.2, 0.25) is 11.8 Å². The van der Waals surface area contributed by atoms with Gasteiger partial charge in [-0.15, -0.1) is 0 Å². The largest absolute Gasteiger partial charge is 0.493 e. The van der Waals surface area contributed by atoms with Crippen LogP contribution < -0.4 is 14.8 Å². The lowest BCUT2D eigenvalue weighted by Gasteiger charge is -2.25. The molecule has 2 aliphatic rings. The molecule has 1 aromatic carbocycles. The number of nitrogens with one attached hydrogen (secondary N) is 1. The van der Waals surface area contributed by atoms with Gasteiger partial charge in [-0.25, -0.2) is 0 Å². The van der Waals surface area contributed by atoms with Crippen molar-refractivity contribution in [1.82, 2.24) is 10.1 Å². The molecule has 1 atom stereocenters. The fourth-order valence-electron chi connectivity index (χ4n) is 3.86. The summed E-state index contributed by atoms with van der Waals surface area (Å²) in [5.74, 6) is 2.66. The quantitative estimate of drug-likeness (QED) is 0.715. The summed E-state index contributed by atoms with van der Waals surface area (Å²) in [5, 5.41) is 6.39. The van der Waals surface area contributed by atoms with Crippen LogP contribution in [0.3, 0.4) is 0 Å². The van der Waals surface area contributed by atoms with Crippen LogP contribution in [0, 0.1) is 12.8 Å². The first-order valence-corrected chi connectivity index (χ1v) is 10.3. The fraction of sp³-hybridized carbons (Fsp3) is 0.500. The van der Waals surface area contributed by atoms with Crippen molar-refractivity contribution in [2.75, 3.05) is 32.1 Å². The molecule has 2 amide bonds. The Labute approximate surface area is 175 Å². The summed E-state index contributed by atoms with van der Waals surface area (Å²) >= 11 is 0. The van der Waals surface area contributed by atoms with Gasteiger partial charge in [0.1, 0.15) is 5.76 Å². The lowest BCUT2D eigenvalue weighted by molar-refractivity contribution is -0.131. The van der Waals surface area contributed by atoms with E-state index in [0.29, 0.717) is 48.6 Å². The van der Waals surface area contributed by atoms with Crippen molar-refractivity contribution in [2.24, 2.45) is 5.92 Å². The topological polar surface area (TPSA) is 93.9 Å². The maximum atomic E-state index is 12.5. The van der Waals surface area contributed by atoms with Crippen LogP contribution in [-0.2, 0) is 9.59 Å². The van der Waals surface area contributed by atoms with Gasteiger partial charge in [0.25, 0.3) is 0 Å². The summed E-state index contributed by atoms with van der Waals surface area (Å²) < 4.78 is 16.4. The van der Waals surface area contributed by atoms with Gasteiger partial charge in [0, 0.05) is 24.9 Å². The number of likely N-dealkylation sites (tertiary alicyclic amines) is 1. The van der Waals surface area contributed by atoms with Crippen molar-refractivity contribution in [2.45, 2.75) is 38.5 Å². The van der Waals surface area contributed by atoms with E-state index < -0.39 is 0 Å². The lowest BCUT2D eigenvalue weighted by Crippen LogP contribution is -2.34. The summed E-state index contributed by atoms with van der Waals surface area (Å²) in [4.78, 5) is 26.3. The molecule has 2 heterocycles. The Morgan fingerprint density at radius 1 is 1.30 bits per heavy atom. The van der Waals surface area contributed by atoms with Crippen LogP contribution >= 0.6 is 0 Å². The number of carbonyl (C=O) groups is 2. The van der Waals surface area contributed by atoms with Crippen LogP contribution in [0.4, 0.5) is 5.82 Å². The van der Waals surface area contributed by atoms with Gasteiger partial charge < -0.3 is 24.2 Å². The summed E-state index contributed by atoms with van der Waals surface area (Å²) in [6, 6.07) is 7.46. The molecule has 1 aliphatic carbocycles. The SMILES string of the molecule is COc1ccc(C2CC(=O)N(CC(=O)Nc3cc(C)on3)C2)cc1OCC1CCC1. The molecule has 2 aromatic rings. The Hall–Kier alpha value is -3.03. The molecule has 160 valence electrons. The number of benzene rings is 1. The molecule has 1 saturated heterocycles. The highest BCUT2D eigenvalue weighted by atomic mass is 16.5. The predicted molar refractivity (Wildman–Crippen MR) is 110 cm³/mol. The second-order valence-electron chi connectivity index (χ2n) is 8.06. The van der Waals surface area contributed by atoms with Gasteiger partial charge in [0.15, 0.2) is 17.3 Å². The number of hydrogen-bond acceptors (Lipinski definition) is 6. The number of hydrogen-bond donors (Lipinski definition) is 1. The Morgan fingerprint density at radius 2 is 2.13 bits per heavy atom. The average Bonchev–Trinajstić information content (AvgIpc) is 3.25. The predicted octanol–water partition coefficient (Wildman–Crippen LogP) is 3.13. The van der Waals surface area contributed by atoms with Gasteiger partial charge in [0.05, 0.1) is 20.3 Å². The Kier molecular flexibility index (Phi) is 5.92. The maximum absolute atomic E-state index is 12.5. The highest BCUT2D eigenvalue weighted by molar-refractivity contribution is 5.94. The first-order chi connectivity index (χ1) is 14.5. The first kappa shape index (κ1) is 20.3. The zero-order valence-corrected chi connectivity index (χ0v) is 17.3. The van der Waals surface area contributed by atoms with E-state index in [0.717, 1.165) is 5.56 Å². The molecule has 2 fully saturated rings. The van der Waals surface area contributed by atoms with Crippen LogP contribution in [0.25, 0.3) is 0 Å². The third-order valence-corrected chi connectivity index (χ3v) is 5.80. The zero-order chi connectivity index (χ0) is 21.1. The second-order valence-corrected chi connectivity index (χ2v) is 8.06. The van der Waals surface area contributed by atoms with Gasteiger partial charge >= 0.3 is 0 Å². The average molecular weight is 413 g/mol. The lowest BCUT2D eigenvalue weighted by atomic mass is 9.86. The number of aromatic nitrogens is 1. The maximum Gasteiger partial charge on any atom is 0.245 e. The van der Waals surface area contributed by atoms with Crippen molar-refractivity contribution in [1.29, 1.82) is 0 Å². The summed E-state index contributed by atoms with van der Waals surface area (Å²) in [6.07, 6.45) is 4.06. The van der Waals surface area contributed by atoms with Crippen molar-refractivity contribution in [3.63, 3.8) is 0 Å². The Bertz CT molecular complexity index is 921. The highest BCUT2D eigenvalue weighted by Crippen LogP contribution is 2.36. The summed E-state index contributed by atoms with van der Waals surface area (Å²) in [5.41, 5.74) is 1.02. The molecule has 1 saturated carbocycles. The number of carbonyl (C=O) groups excluding carboxylic acids is 2. The van der Waals surface area contributed by atoms with E-state index in [4.69, 9.17) is 14.0 Å². The van der Waals surface area contributed by atoms with Crippen LogP contribution in [-0.4, -0.2) is 48.7 Å². The molecule has 0 bridgehead atoms. The minimum atomic E-state index is -0.295. The summed E-state index contributed by atoms with van der Waals surface area (Å²) in [6.45, 7) is 2.91. The van der Waals surface area contributed by atoms with Crippen molar-refractivity contribution in [3.8, 4) is 11.5 Å². The van der Waals surface area contributed by atoms with E-state index in [9.17, 15) is 9.59 Å². The van der Waals surface area contributed by atoms with Gasteiger partial charge in [-0.1, -0.05) is 17.6 Å². The third kappa shape index (κ3) is 4.58. The van der Waals surface area contributed by atoms with Crippen molar-refractivity contribution < 1.29 is 23.6 Å². The molecule has 8 heteroatoms. The van der Waals surface area contributed by atoms with E-state index in [1.54, 1.807) is 25.0 Å². The third-order valence-electron chi connectivity index (χ3n) is 5.80. The molecule has 1 N–H and O–H groups in total. The molecule has 1 aliphatic heterocycles. The van der Waals surface area contributed by atoms with Crippen LogP contribution in [0.1, 0.15) is 42.9 Å². The van der Waals surface area contributed by atoms with E-state index in [1.807, 2.05) is 18.2 Å². The second kappa shape index (κ2) is 8.77. The van der Waals surface area contributed by atoms with E-state index in [-0.39, 0.29) is 24.3 Å². The number of amides is 2. The van der Waals surface area contributed by atoms with E-state index in [2.05, 4.69) is 10.5 Å². The van der Waals surface area contributed by atoms with Crippen LogP contribution in [0.2, 0.25) is 0 Å². The molecule has 0 spiro atoms. The normalized spacial score (nSPS) is 18.9. The van der Waals surface area contributed by atoms with Crippen LogP contribution in [0.15, 0.2) is 28.8 Å². The van der Waals surface area contributed by atoms with Crippen LogP contribution in [0.5, 0.6) is 11.5 Å². The van der Waals surface area contributed by atoms with E-state index in [1.165, 1.54) is 19.3 Å². The Balaban J connectivity index is 1.38. The zero-order valence-electron chi connectivity index (χ0n) is 17.3. The molecule has 0 radical (unpaired) electrons. The minimum Gasteiger partial charge on any atom is -0.493 e. The molecule has 8 nitrogen and oxygen atoms in total. The van der Waals surface area contributed by atoms with Crippen molar-refractivity contribution in [3.05, 3.63) is 35.6 Å². The van der Waals surface area contributed by atoms with Gasteiger partial charge in [-0.05, 0) is 43.4 Å². The molecule has 1 aromatic heterocycles. The van der Waals surface area contributed by atoms with Gasteiger partial charge in [-0.2, -0.15) is 0 Å². The minimum absolute atomic E-state index is 0.0107. The van der Waals surface area contributed by atoms with Crippen molar-refractivity contribution >= 4 is 17.6 Å². The number of methoxy groups -OCH3 is 1. The standard InChI is InChI=1S/C22H27N3O5/c1-14-8-20(24-30-14)23-21(26)12-25-11-17(10-22(25)27)16-6-7-18(28-2)19(9-16)29-13-15-4-3-5-15/h6-9,15,17H,3-5,10-13H2,1-2H3,(H,23,24,26). The first-order valence-electron chi connectivity index (χ1n) is 10.3. The number of ether oxygens (including phenoxy) is 2.